The second-order valence-electron chi connectivity index (χ2n) is 7.22. The molecule has 0 aromatic heterocycles. The van der Waals surface area contributed by atoms with E-state index in [4.69, 9.17) is 4.74 Å². The number of nitrogens with one attached hydrogen (secondary N) is 2. The van der Waals surface area contributed by atoms with Crippen molar-refractivity contribution in [2.75, 3.05) is 26.0 Å². The molecule has 1 amide bonds. The number of hydrogen-bond donors (Lipinski definition) is 2. The zero-order valence-electron chi connectivity index (χ0n) is 16.4. The second kappa shape index (κ2) is 8.23. The average Bonchev–Trinajstić information content (AvgIpc) is 2.64. The second-order valence-corrected chi connectivity index (χ2v) is 7.22. The van der Waals surface area contributed by atoms with Gasteiger partial charge in [-0.05, 0) is 60.0 Å². The highest BCUT2D eigenvalue weighted by Gasteiger charge is 2.12. The van der Waals surface area contributed by atoms with Gasteiger partial charge in [0.05, 0.1) is 14.2 Å². The van der Waals surface area contributed by atoms with Gasteiger partial charge in [0.15, 0.2) is 6.54 Å². The molecule has 0 heterocycles. The summed E-state index contributed by atoms with van der Waals surface area (Å²) in [4.78, 5) is 13.6. The van der Waals surface area contributed by atoms with Crippen molar-refractivity contribution < 1.29 is 14.4 Å². The van der Waals surface area contributed by atoms with Crippen molar-refractivity contribution in [3.63, 3.8) is 0 Å². The lowest BCUT2D eigenvalue weighted by Crippen LogP contribution is -3.08. The molecule has 0 bridgehead atoms. The Kier molecular flexibility index (Phi) is 5.77. The fourth-order valence-corrected chi connectivity index (χ4v) is 3.26. The number of methoxy groups -OCH3 is 1. The number of likely N-dealkylation sites (N-methyl/N-ethyl adjacent to an activating group) is 1. The van der Waals surface area contributed by atoms with Crippen molar-refractivity contribution >= 4 is 22.4 Å². The van der Waals surface area contributed by atoms with Crippen LogP contribution in [0.4, 0.5) is 5.69 Å². The van der Waals surface area contributed by atoms with Crippen molar-refractivity contribution in [2.45, 2.75) is 20.4 Å². The van der Waals surface area contributed by atoms with Gasteiger partial charge in [0, 0.05) is 11.3 Å². The number of ether oxygens (including phenoxy) is 1. The van der Waals surface area contributed by atoms with Gasteiger partial charge in [-0.25, -0.2) is 0 Å². The first-order chi connectivity index (χ1) is 12.9. The van der Waals surface area contributed by atoms with Crippen LogP contribution in [0.25, 0.3) is 10.8 Å². The Labute approximate surface area is 160 Å². The Bertz CT molecular complexity index is 966. The van der Waals surface area contributed by atoms with Gasteiger partial charge in [-0.3, -0.25) is 4.79 Å². The van der Waals surface area contributed by atoms with E-state index in [-0.39, 0.29) is 5.91 Å². The molecular formula is C23H27N2O2+. The summed E-state index contributed by atoms with van der Waals surface area (Å²) in [6, 6.07) is 18.6. The van der Waals surface area contributed by atoms with Crippen LogP contribution in [-0.2, 0) is 11.3 Å². The third kappa shape index (κ3) is 4.86. The maximum absolute atomic E-state index is 12.4. The molecule has 3 aromatic carbocycles. The van der Waals surface area contributed by atoms with Crippen LogP contribution in [-0.4, -0.2) is 26.6 Å². The monoisotopic (exact) mass is 363 g/mol. The van der Waals surface area contributed by atoms with Gasteiger partial charge >= 0.3 is 0 Å². The average molecular weight is 363 g/mol. The smallest absolute Gasteiger partial charge is 0.279 e. The Hall–Kier alpha value is -2.85. The summed E-state index contributed by atoms with van der Waals surface area (Å²) in [6.45, 7) is 5.26. The van der Waals surface area contributed by atoms with Crippen LogP contribution >= 0.6 is 0 Å². The van der Waals surface area contributed by atoms with Crippen molar-refractivity contribution in [3.05, 3.63) is 71.3 Å². The van der Waals surface area contributed by atoms with Crippen molar-refractivity contribution in [1.82, 2.24) is 0 Å². The molecule has 1 atom stereocenters. The van der Waals surface area contributed by atoms with Crippen LogP contribution < -0.4 is 15.0 Å². The molecule has 0 spiro atoms. The molecule has 0 aliphatic rings. The first-order valence-corrected chi connectivity index (χ1v) is 9.19. The molecule has 4 heteroatoms. The van der Waals surface area contributed by atoms with Crippen LogP contribution in [0.15, 0.2) is 54.6 Å². The summed E-state index contributed by atoms with van der Waals surface area (Å²) >= 11 is 0. The summed E-state index contributed by atoms with van der Waals surface area (Å²) in [5.74, 6) is 0.896. The number of anilines is 1. The molecule has 0 radical (unpaired) electrons. The summed E-state index contributed by atoms with van der Waals surface area (Å²) in [5.41, 5.74) is 4.33. The molecule has 2 N–H and O–H groups in total. The van der Waals surface area contributed by atoms with Crippen molar-refractivity contribution in [3.8, 4) is 5.75 Å². The highest BCUT2D eigenvalue weighted by molar-refractivity contribution is 5.92. The van der Waals surface area contributed by atoms with Gasteiger partial charge in [-0.2, -0.15) is 0 Å². The third-order valence-corrected chi connectivity index (χ3v) is 4.75. The Morgan fingerprint density at radius 2 is 1.74 bits per heavy atom. The maximum Gasteiger partial charge on any atom is 0.279 e. The summed E-state index contributed by atoms with van der Waals surface area (Å²) in [7, 11) is 3.72. The molecule has 3 rings (SSSR count). The van der Waals surface area contributed by atoms with Gasteiger partial charge in [0.1, 0.15) is 12.3 Å². The SMILES string of the molecule is COc1ccc2cc(C[NH+](C)CC(=O)Nc3cc(C)ccc3C)ccc2c1. The fraction of sp³-hybridized carbons (Fsp3) is 0.261. The standard InChI is InChI=1S/C23H26N2O2/c1-16-5-6-17(2)22(11-16)24-23(26)15-25(3)14-18-7-8-20-13-21(27-4)10-9-19(20)12-18/h5-13H,14-15H2,1-4H3,(H,24,26)/p+1. The molecule has 0 saturated heterocycles. The van der Waals surface area contributed by atoms with E-state index < -0.39 is 0 Å². The minimum atomic E-state index is 0.0340. The quantitative estimate of drug-likeness (QED) is 0.707. The van der Waals surface area contributed by atoms with E-state index in [0.717, 1.165) is 39.4 Å². The van der Waals surface area contributed by atoms with Gasteiger partial charge in [0.2, 0.25) is 0 Å². The Morgan fingerprint density at radius 3 is 2.52 bits per heavy atom. The molecule has 0 aliphatic heterocycles. The number of amides is 1. The van der Waals surface area contributed by atoms with E-state index in [9.17, 15) is 4.79 Å². The van der Waals surface area contributed by atoms with Crippen molar-refractivity contribution in [1.29, 1.82) is 0 Å². The lowest BCUT2D eigenvalue weighted by atomic mass is 10.1. The number of carbonyl (C=O) groups is 1. The van der Waals surface area contributed by atoms with Crippen molar-refractivity contribution in [2.24, 2.45) is 0 Å². The number of fused-ring (bicyclic) bond motifs is 1. The lowest BCUT2D eigenvalue weighted by Gasteiger charge is -2.15. The van der Waals surface area contributed by atoms with E-state index in [2.05, 4.69) is 35.6 Å². The molecule has 0 fully saturated rings. The Balaban J connectivity index is 1.63. The number of quaternary nitrogens is 1. The van der Waals surface area contributed by atoms with Gasteiger partial charge < -0.3 is 15.0 Å². The van der Waals surface area contributed by atoms with E-state index >= 15 is 0 Å². The molecule has 4 nitrogen and oxygen atoms in total. The van der Waals surface area contributed by atoms with E-state index in [1.165, 1.54) is 10.9 Å². The van der Waals surface area contributed by atoms with Crippen LogP contribution in [0.2, 0.25) is 0 Å². The van der Waals surface area contributed by atoms with E-state index in [1.807, 2.05) is 45.2 Å². The fourth-order valence-electron chi connectivity index (χ4n) is 3.26. The Morgan fingerprint density at radius 1 is 1.00 bits per heavy atom. The minimum absolute atomic E-state index is 0.0340. The number of rotatable bonds is 6. The van der Waals surface area contributed by atoms with Crippen LogP contribution in [0.3, 0.4) is 0 Å². The third-order valence-electron chi connectivity index (χ3n) is 4.75. The van der Waals surface area contributed by atoms with Crippen LogP contribution in [0.5, 0.6) is 5.75 Å². The zero-order valence-corrected chi connectivity index (χ0v) is 16.4. The number of benzene rings is 3. The molecule has 0 saturated carbocycles. The summed E-state index contributed by atoms with van der Waals surface area (Å²) in [6.07, 6.45) is 0. The zero-order chi connectivity index (χ0) is 19.4. The largest absolute Gasteiger partial charge is 0.497 e. The topological polar surface area (TPSA) is 42.8 Å². The molecule has 27 heavy (non-hydrogen) atoms. The number of carbonyl (C=O) groups excluding carboxylic acids is 1. The van der Waals surface area contributed by atoms with Gasteiger partial charge in [-0.15, -0.1) is 0 Å². The van der Waals surface area contributed by atoms with E-state index in [1.54, 1.807) is 7.11 Å². The maximum atomic E-state index is 12.4. The van der Waals surface area contributed by atoms with Gasteiger partial charge in [-0.1, -0.05) is 30.3 Å². The normalized spacial score (nSPS) is 12.0. The lowest BCUT2D eigenvalue weighted by molar-refractivity contribution is -0.885. The minimum Gasteiger partial charge on any atom is -0.497 e. The highest BCUT2D eigenvalue weighted by Crippen LogP contribution is 2.21. The first-order valence-electron chi connectivity index (χ1n) is 9.19. The molecule has 140 valence electrons. The number of hydrogen-bond acceptors (Lipinski definition) is 2. The molecule has 1 unspecified atom stereocenters. The molecular weight excluding hydrogens is 336 g/mol. The highest BCUT2D eigenvalue weighted by atomic mass is 16.5. The molecule has 3 aromatic rings. The van der Waals surface area contributed by atoms with Crippen LogP contribution in [0.1, 0.15) is 16.7 Å². The van der Waals surface area contributed by atoms with Gasteiger partial charge in [0.25, 0.3) is 5.91 Å². The first kappa shape index (κ1) is 18.9. The molecule has 0 aliphatic carbocycles. The summed E-state index contributed by atoms with van der Waals surface area (Å²) < 4.78 is 5.28. The predicted octanol–water partition coefficient (Wildman–Crippen LogP) is 3.12. The number of aryl methyl sites for hydroxylation is 2. The van der Waals surface area contributed by atoms with Crippen LogP contribution in [0, 0.1) is 13.8 Å². The summed E-state index contributed by atoms with van der Waals surface area (Å²) in [5, 5.41) is 5.37. The predicted molar refractivity (Wildman–Crippen MR) is 111 cm³/mol. The van der Waals surface area contributed by atoms with E-state index in [0.29, 0.717) is 6.54 Å².